The molecule has 0 fully saturated rings. The molecule has 1 heterocycles. The van der Waals surface area contributed by atoms with E-state index < -0.39 is 0 Å². The number of hydrogen-bond acceptors (Lipinski definition) is 5. The third-order valence-electron chi connectivity index (χ3n) is 4.35. The van der Waals surface area contributed by atoms with E-state index in [1.54, 1.807) is 28.4 Å². The summed E-state index contributed by atoms with van der Waals surface area (Å²) in [4.78, 5) is 12.2. The van der Waals surface area contributed by atoms with Crippen LogP contribution in [0.4, 0.5) is 0 Å². The van der Waals surface area contributed by atoms with Crippen LogP contribution in [-0.4, -0.2) is 34.3 Å². The highest BCUT2D eigenvalue weighted by Crippen LogP contribution is 2.39. The zero-order chi connectivity index (χ0) is 18.0. The first-order valence-corrected chi connectivity index (χ1v) is 7.87. The molecule has 0 radical (unpaired) electrons. The molecule has 0 bridgehead atoms. The van der Waals surface area contributed by atoms with Crippen LogP contribution in [0.2, 0.25) is 0 Å². The van der Waals surface area contributed by atoms with E-state index in [4.69, 9.17) is 18.9 Å². The fraction of sp³-hybridized carbons (Fsp3) is 0.316. The van der Waals surface area contributed by atoms with E-state index >= 15 is 0 Å². The van der Waals surface area contributed by atoms with E-state index in [9.17, 15) is 4.79 Å². The van der Waals surface area contributed by atoms with Gasteiger partial charge < -0.3 is 24.3 Å². The lowest BCUT2D eigenvalue weighted by molar-refractivity contribution is -0.121. The van der Waals surface area contributed by atoms with Crippen molar-refractivity contribution >= 4 is 5.91 Å². The number of amides is 1. The van der Waals surface area contributed by atoms with Gasteiger partial charge in [0.15, 0.2) is 23.0 Å². The first kappa shape index (κ1) is 17.0. The third kappa shape index (κ3) is 3.07. The van der Waals surface area contributed by atoms with E-state index in [1.165, 1.54) is 0 Å². The van der Waals surface area contributed by atoms with Crippen LogP contribution < -0.4 is 24.3 Å². The molecule has 2 aromatic carbocycles. The van der Waals surface area contributed by atoms with Gasteiger partial charge >= 0.3 is 0 Å². The van der Waals surface area contributed by atoms with Crippen molar-refractivity contribution in [2.24, 2.45) is 0 Å². The molecule has 0 spiro atoms. The summed E-state index contributed by atoms with van der Waals surface area (Å²) >= 11 is 0. The van der Waals surface area contributed by atoms with Gasteiger partial charge in [0, 0.05) is 0 Å². The molecule has 0 saturated heterocycles. The number of carbonyl (C=O) groups excluding carboxylic acids is 1. The molecule has 1 aliphatic heterocycles. The Morgan fingerprint density at radius 2 is 1.44 bits per heavy atom. The molecule has 0 unspecified atom stereocenters. The molecule has 0 aliphatic carbocycles. The van der Waals surface area contributed by atoms with Crippen LogP contribution >= 0.6 is 0 Å². The Morgan fingerprint density at radius 3 is 2.08 bits per heavy atom. The monoisotopic (exact) mass is 343 g/mol. The molecule has 132 valence electrons. The molecule has 6 nitrogen and oxygen atoms in total. The lowest BCUT2D eigenvalue weighted by atomic mass is 9.89. The second-order valence-corrected chi connectivity index (χ2v) is 5.70. The molecular formula is C19H21NO5. The lowest BCUT2D eigenvalue weighted by Crippen LogP contribution is -2.35. The van der Waals surface area contributed by atoms with Crippen molar-refractivity contribution in [2.45, 2.75) is 12.5 Å². The van der Waals surface area contributed by atoms with Crippen LogP contribution in [0.5, 0.6) is 23.0 Å². The summed E-state index contributed by atoms with van der Waals surface area (Å²) in [6.07, 6.45) is 0.305. The van der Waals surface area contributed by atoms with Gasteiger partial charge in [-0.15, -0.1) is 0 Å². The van der Waals surface area contributed by atoms with E-state index in [-0.39, 0.29) is 11.9 Å². The number of ether oxygens (including phenoxy) is 4. The highest BCUT2D eigenvalue weighted by atomic mass is 16.5. The predicted molar refractivity (Wildman–Crippen MR) is 92.8 cm³/mol. The number of nitrogens with one attached hydrogen (secondary N) is 1. The average Bonchev–Trinajstić information content (AvgIpc) is 2.65. The Hall–Kier alpha value is -2.89. The second-order valence-electron chi connectivity index (χ2n) is 5.70. The molecular weight excluding hydrogens is 322 g/mol. The van der Waals surface area contributed by atoms with Crippen LogP contribution in [0, 0.1) is 0 Å². The summed E-state index contributed by atoms with van der Waals surface area (Å²) in [5, 5.41) is 3.03. The normalized spacial score (nSPS) is 15.8. The molecule has 1 amide bonds. The van der Waals surface area contributed by atoms with Gasteiger partial charge in [0.1, 0.15) is 0 Å². The second kappa shape index (κ2) is 6.93. The van der Waals surface area contributed by atoms with Crippen molar-refractivity contribution < 1.29 is 23.7 Å². The number of benzene rings is 2. The Kier molecular flexibility index (Phi) is 4.70. The van der Waals surface area contributed by atoms with Crippen molar-refractivity contribution in [3.8, 4) is 23.0 Å². The summed E-state index contributed by atoms with van der Waals surface area (Å²) in [6.45, 7) is 0. The first-order chi connectivity index (χ1) is 12.1. The minimum absolute atomic E-state index is 0.0421. The molecule has 25 heavy (non-hydrogen) atoms. The zero-order valence-electron chi connectivity index (χ0n) is 14.7. The molecule has 0 saturated carbocycles. The van der Waals surface area contributed by atoms with Crippen LogP contribution in [0.1, 0.15) is 22.7 Å². The number of carbonyl (C=O) groups is 1. The van der Waals surface area contributed by atoms with Crippen LogP contribution in [0.15, 0.2) is 30.3 Å². The fourth-order valence-electron chi connectivity index (χ4n) is 3.12. The van der Waals surface area contributed by atoms with Crippen LogP contribution in [-0.2, 0) is 11.2 Å². The Bertz CT molecular complexity index is 803. The molecule has 3 rings (SSSR count). The molecule has 1 N–H and O–H groups in total. The number of fused-ring (bicyclic) bond motifs is 1. The molecule has 6 heteroatoms. The number of rotatable bonds is 5. The molecule has 2 aromatic rings. The quantitative estimate of drug-likeness (QED) is 0.903. The van der Waals surface area contributed by atoms with Gasteiger partial charge in [0.05, 0.1) is 40.9 Å². The predicted octanol–water partition coefficient (Wildman–Crippen LogP) is 2.48. The smallest absolute Gasteiger partial charge is 0.225 e. The van der Waals surface area contributed by atoms with Crippen molar-refractivity contribution in [3.05, 3.63) is 47.0 Å². The number of hydrogen-bond donors (Lipinski definition) is 1. The summed E-state index contributed by atoms with van der Waals surface area (Å²) < 4.78 is 21.4. The molecule has 1 atom stereocenters. The zero-order valence-corrected chi connectivity index (χ0v) is 14.7. The first-order valence-electron chi connectivity index (χ1n) is 7.87. The maximum atomic E-state index is 12.2. The van der Waals surface area contributed by atoms with Gasteiger partial charge in [0.25, 0.3) is 0 Å². The van der Waals surface area contributed by atoms with Crippen molar-refractivity contribution in [1.29, 1.82) is 0 Å². The standard InChI is InChI=1S/C19H21NO5/c1-22-14-6-5-11(7-15(14)23-2)19-13-10-17(25-4)16(24-3)8-12(13)9-18(21)20-19/h5-8,10,19H,9H2,1-4H3,(H,20,21)/t19-/m0/s1. The van der Waals surface area contributed by atoms with E-state index in [1.807, 2.05) is 30.3 Å². The highest BCUT2D eigenvalue weighted by Gasteiger charge is 2.28. The largest absolute Gasteiger partial charge is 0.493 e. The van der Waals surface area contributed by atoms with Gasteiger partial charge in [-0.05, 0) is 41.0 Å². The topological polar surface area (TPSA) is 66.0 Å². The van der Waals surface area contributed by atoms with Crippen LogP contribution in [0.25, 0.3) is 0 Å². The minimum atomic E-state index is -0.295. The van der Waals surface area contributed by atoms with Gasteiger partial charge in [-0.25, -0.2) is 0 Å². The van der Waals surface area contributed by atoms with Crippen molar-refractivity contribution in [2.75, 3.05) is 28.4 Å². The average molecular weight is 343 g/mol. The lowest BCUT2D eigenvalue weighted by Gasteiger charge is -2.28. The summed E-state index contributed by atoms with van der Waals surface area (Å²) in [6, 6.07) is 9.09. The van der Waals surface area contributed by atoms with Gasteiger partial charge in [-0.3, -0.25) is 4.79 Å². The molecule has 0 aromatic heterocycles. The summed E-state index contributed by atoms with van der Waals surface area (Å²) in [5.74, 6) is 2.45. The Labute approximate surface area is 146 Å². The third-order valence-corrected chi connectivity index (χ3v) is 4.35. The maximum Gasteiger partial charge on any atom is 0.225 e. The molecule has 1 aliphatic rings. The van der Waals surface area contributed by atoms with E-state index in [0.29, 0.717) is 29.4 Å². The Morgan fingerprint density at radius 1 is 0.840 bits per heavy atom. The van der Waals surface area contributed by atoms with Gasteiger partial charge in [-0.2, -0.15) is 0 Å². The number of methoxy groups -OCH3 is 4. The SMILES string of the molecule is COc1ccc([C@@H]2NC(=O)Cc3cc(OC)c(OC)cc32)cc1OC. The maximum absolute atomic E-state index is 12.2. The van der Waals surface area contributed by atoms with Crippen molar-refractivity contribution in [1.82, 2.24) is 5.32 Å². The fourth-order valence-corrected chi connectivity index (χ4v) is 3.12. The van der Waals surface area contributed by atoms with Crippen LogP contribution in [0.3, 0.4) is 0 Å². The van der Waals surface area contributed by atoms with Gasteiger partial charge in [0.2, 0.25) is 5.91 Å². The van der Waals surface area contributed by atoms with Gasteiger partial charge in [-0.1, -0.05) is 6.07 Å². The van der Waals surface area contributed by atoms with Crippen molar-refractivity contribution in [3.63, 3.8) is 0 Å². The minimum Gasteiger partial charge on any atom is -0.493 e. The Balaban J connectivity index is 2.11. The highest BCUT2D eigenvalue weighted by molar-refractivity contribution is 5.83. The van der Waals surface area contributed by atoms with E-state index in [2.05, 4.69) is 5.32 Å². The summed E-state index contributed by atoms with van der Waals surface area (Å²) in [5.41, 5.74) is 2.80. The van der Waals surface area contributed by atoms with E-state index in [0.717, 1.165) is 16.7 Å². The summed E-state index contributed by atoms with van der Waals surface area (Å²) in [7, 11) is 6.35.